The number of carbonyl (C=O) groups excluding carboxylic acids is 2. The van der Waals surface area contributed by atoms with Gasteiger partial charge in [0, 0.05) is 6.42 Å². The Balaban J connectivity index is 1.71. The third kappa shape index (κ3) is 4.59. The van der Waals surface area contributed by atoms with E-state index in [1.54, 1.807) is 6.92 Å². The van der Waals surface area contributed by atoms with Gasteiger partial charge in [-0.25, -0.2) is 4.79 Å². The Labute approximate surface area is 122 Å². The van der Waals surface area contributed by atoms with Gasteiger partial charge < -0.3 is 14.3 Å². The summed E-state index contributed by atoms with van der Waals surface area (Å²) in [5.74, 6) is -0.887. The standard InChI is InChI=1S/C15H17NO5/c1-2-19-15(18)13-8-12(21-16-13)9-14(17)20-10-11-6-4-3-5-7-11/h3-7,12H,2,8-10H2,1H3. The highest BCUT2D eigenvalue weighted by Crippen LogP contribution is 2.16. The van der Waals surface area contributed by atoms with E-state index in [0.717, 1.165) is 5.56 Å². The maximum atomic E-state index is 11.7. The Kier molecular flexibility index (Phi) is 5.31. The van der Waals surface area contributed by atoms with Crippen LogP contribution in [0, 0.1) is 0 Å². The van der Waals surface area contributed by atoms with Crippen molar-refractivity contribution < 1.29 is 23.9 Å². The molecule has 0 amide bonds. The maximum absolute atomic E-state index is 11.7. The summed E-state index contributed by atoms with van der Waals surface area (Å²) in [6.07, 6.45) is -0.147. The molecule has 2 rings (SSSR count). The van der Waals surface area contributed by atoms with Crippen molar-refractivity contribution in [3.05, 3.63) is 35.9 Å². The van der Waals surface area contributed by atoms with E-state index in [1.165, 1.54) is 0 Å². The van der Waals surface area contributed by atoms with Crippen molar-refractivity contribution in [3.63, 3.8) is 0 Å². The summed E-state index contributed by atoms with van der Waals surface area (Å²) in [5.41, 5.74) is 1.12. The molecule has 1 heterocycles. The molecule has 1 aromatic carbocycles. The fourth-order valence-corrected chi connectivity index (χ4v) is 1.86. The highest BCUT2D eigenvalue weighted by atomic mass is 16.6. The van der Waals surface area contributed by atoms with Crippen LogP contribution in [0.15, 0.2) is 35.5 Å². The zero-order valence-corrected chi connectivity index (χ0v) is 11.8. The molecule has 0 bridgehead atoms. The Morgan fingerprint density at radius 3 is 2.76 bits per heavy atom. The number of rotatable bonds is 6. The van der Waals surface area contributed by atoms with Crippen LogP contribution in [-0.2, 0) is 30.5 Å². The Morgan fingerprint density at radius 1 is 1.29 bits per heavy atom. The molecule has 0 aliphatic carbocycles. The van der Waals surface area contributed by atoms with Crippen molar-refractivity contribution in [1.82, 2.24) is 0 Å². The van der Waals surface area contributed by atoms with Gasteiger partial charge >= 0.3 is 11.9 Å². The van der Waals surface area contributed by atoms with Crippen molar-refractivity contribution in [3.8, 4) is 0 Å². The number of ether oxygens (including phenoxy) is 2. The smallest absolute Gasteiger partial charge is 0.356 e. The fourth-order valence-electron chi connectivity index (χ4n) is 1.86. The number of nitrogens with zero attached hydrogens (tertiary/aromatic N) is 1. The monoisotopic (exact) mass is 291 g/mol. The summed E-state index contributed by atoms with van der Waals surface area (Å²) in [4.78, 5) is 28.2. The van der Waals surface area contributed by atoms with Crippen LogP contribution in [0.1, 0.15) is 25.3 Å². The molecule has 0 saturated carbocycles. The van der Waals surface area contributed by atoms with Gasteiger partial charge in [-0.2, -0.15) is 0 Å². The fraction of sp³-hybridized carbons (Fsp3) is 0.400. The number of oxime groups is 1. The summed E-state index contributed by atoms with van der Waals surface area (Å²) < 4.78 is 9.97. The summed E-state index contributed by atoms with van der Waals surface area (Å²) in [7, 11) is 0. The first-order valence-electron chi connectivity index (χ1n) is 6.78. The Hall–Kier alpha value is -2.37. The molecule has 0 fully saturated rings. The highest BCUT2D eigenvalue weighted by molar-refractivity contribution is 6.36. The Bertz CT molecular complexity index is 526. The number of esters is 2. The number of benzene rings is 1. The van der Waals surface area contributed by atoms with E-state index < -0.39 is 12.1 Å². The van der Waals surface area contributed by atoms with Gasteiger partial charge in [-0.1, -0.05) is 35.5 Å². The van der Waals surface area contributed by atoms with Crippen LogP contribution in [0.2, 0.25) is 0 Å². The second-order valence-corrected chi connectivity index (χ2v) is 4.54. The topological polar surface area (TPSA) is 74.2 Å². The van der Waals surface area contributed by atoms with E-state index in [2.05, 4.69) is 5.16 Å². The third-order valence-electron chi connectivity index (χ3n) is 2.88. The summed E-state index contributed by atoms with van der Waals surface area (Å²) >= 11 is 0. The van der Waals surface area contributed by atoms with E-state index >= 15 is 0 Å². The maximum Gasteiger partial charge on any atom is 0.356 e. The Morgan fingerprint density at radius 2 is 2.05 bits per heavy atom. The molecule has 0 spiro atoms. The quantitative estimate of drug-likeness (QED) is 0.747. The predicted molar refractivity (Wildman–Crippen MR) is 74.4 cm³/mol. The average Bonchev–Trinajstić information content (AvgIpc) is 2.95. The lowest BCUT2D eigenvalue weighted by Gasteiger charge is -2.08. The van der Waals surface area contributed by atoms with Crippen LogP contribution in [0.4, 0.5) is 0 Å². The molecule has 1 unspecified atom stereocenters. The molecule has 21 heavy (non-hydrogen) atoms. The molecule has 0 N–H and O–H groups in total. The summed E-state index contributed by atoms with van der Waals surface area (Å²) in [5, 5.41) is 3.64. The first-order valence-corrected chi connectivity index (χ1v) is 6.78. The lowest BCUT2D eigenvalue weighted by Crippen LogP contribution is -2.20. The molecule has 0 saturated heterocycles. The van der Waals surface area contributed by atoms with E-state index in [-0.39, 0.29) is 37.7 Å². The minimum atomic E-state index is -0.502. The van der Waals surface area contributed by atoms with Gasteiger partial charge in [0.15, 0.2) is 5.71 Å². The molecule has 6 heteroatoms. The second kappa shape index (κ2) is 7.42. The molecule has 0 radical (unpaired) electrons. The van der Waals surface area contributed by atoms with Gasteiger partial charge in [0.1, 0.15) is 12.7 Å². The second-order valence-electron chi connectivity index (χ2n) is 4.54. The van der Waals surface area contributed by atoms with Crippen LogP contribution in [0.3, 0.4) is 0 Å². The molecule has 1 aromatic rings. The molecular weight excluding hydrogens is 274 g/mol. The molecule has 1 atom stereocenters. The van der Waals surface area contributed by atoms with Crippen LogP contribution in [0.5, 0.6) is 0 Å². The van der Waals surface area contributed by atoms with Gasteiger partial charge in [-0.3, -0.25) is 4.79 Å². The van der Waals surface area contributed by atoms with Crippen molar-refractivity contribution in [2.45, 2.75) is 32.5 Å². The van der Waals surface area contributed by atoms with Gasteiger partial charge in [0.2, 0.25) is 0 Å². The van der Waals surface area contributed by atoms with Gasteiger partial charge in [0.25, 0.3) is 0 Å². The van der Waals surface area contributed by atoms with E-state index in [0.29, 0.717) is 0 Å². The largest absolute Gasteiger partial charge is 0.461 e. The third-order valence-corrected chi connectivity index (χ3v) is 2.88. The van der Waals surface area contributed by atoms with Crippen LogP contribution >= 0.6 is 0 Å². The van der Waals surface area contributed by atoms with Crippen LogP contribution < -0.4 is 0 Å². The first kappa shape index (κ1) is 15.0. The zero-order valence-electron chi connectivity index (χ0n) is 11.8. The van der Waals surface area contributed by atoms with Crippen molar-refractivity contribution in [2.75, 3.05) is 6.61 Å². The first-order chi connectivity index (χ1) is 10.2. The molecular formula is C15H17NO5. The molecule has 1 aliphatic heterocycles. The lowest BCUT2D eigenvalue weighted by atomic mass is 10.1. The lowest BCUT2D eigenvalue weighted by molar-refractivity contribution is -0.147. The average molecular weight is 291 g/mol. The number of carbonyl (C=O) groups is 2. The van der Waals surface area contributed by atoms with E-state index in [1.807, 2.05) is 30.3 Å². The van der Waals surface area contributed by atoms with Gasteiger partial charge in [-0.15, -0.1) is 0 Å². The van der Waals surface area contributed by atoms with Crippen LogP contribution in [-0.4, -0.2) is 30.4 Å². The van der Waals surface area contributed by atoms with Crippen LogP contribution in [0.25, 0.3) is 0 Å². The van der Waals surface area contributed by atoms with Crippen molar-refractivity contribution in [1.29, 1.82) is 0 Å². The number of hydrogen-bond acceptors (Lipinski definition) is 6. The molecule has 1 aliphatic rings. The molecule has 112 valence electrons. The van der Waals surface area contributed by atoms with Gasteiger partial charge in [0.05, 0.1) is 13.0 Å². The highest BCUT2D eigenvalue weighted by Gasteiger charge is 2.29. The van der Waals surface area contributed by atoms with Crippen molar-refractivity contribution >= 4 is 17.7 Å². The van der Waals surface area contributed by atoms with Crippen molar-refractivity contribution in [2.24, 2.45) is 5.16 Å². The molecule has 6 nitrogen and oxygen atoms in total. The molecule has 0 aromatic heterocycles. The van der Waals surface area contributed by atoms with Gasteiger partial charge in [-0.05, 0) is 12.5 Å². The SMILES string of the molecule is CCOC(=O)C1=NOC(CC(=O)OCc2ccccc2)C1. The predicted octanol–water partition coefficient (Wildman–Crippen LogP) is 1.83. The van der Waals surface area contributed by atoms with E-state index in [9.17, 15) is 9.59 Å². The summed E-state index contributed by atoms with van der Waals surface area (Å²) in [6, 6.07) is 9.40. The minimum absolute atomic E-state index is 0.0548. The normalized spacial score (nSPS) is 16.8. The zero-order chi connectivity index (χ0) is 15.1. The summed E-state index contributed by atoms with van der Waals surface area (Å²) in [6.45, 7) is 2.21. The van der Waals surface area contributed by atoms with E-state index in [4.69, 9.17) is 14.3 Å². The minimum Gasteiger partial charge on any atom is -0.461 e. The number of hydrogen-bond donors (Lipinski definition) is 0.